The molecule has 0 amide bonds. The summed E-state index contributed by atoms with van der Waals surface area (Å²) in [6, 6.07) is 0. The Morgan fingerprint density at radius 1 is 0.655 bits per heavy atom. The van der Waals surface area contributed by atoms with Crippen molar-refractivity contribution in [1.82, 2.24) is 0 Å². The SMILES string of the molecule is CCC[CH2][Sn].O=C(CS)OCCS.O=C(CS)OCCS.O=C(CS)OCCS. The van der Waals surface area contributed by atoms with E-state index in [9.17, 15) is 14.4 Å². The van der Waals surface area contributed by atoms with Gasteiger partial charge in [0.25, 0.3) is 0 Å². The number of rotatable bonds is 11. The predicted molar refractivity (Wildman–Crippen MR) is 141 cm³/mol. The summed E-state index contributed by atoms with van der Waals surface area (Å²) in [7, 11) is 0. The summed E-state index contributed by atoms with van der Waals surface area (Å²) in [6.45, 7) is 3.36. The first-order valence-corrected chi connectivity index (χ1v) is 14.4. The van der Waals surface area contributed by atoms with Gasteiger partial charge in [-0.1, -0.05) is 0 Å². The zero-order valence-corrected chi connectivity index (χ0v) is 24.8. The van der Waals surface area contributed by atoms with Crippen LogP contribution in [-0.4, -0.2) is 94.8 Å². The Hall–Kier alpha value is 1.31. The van der Waals surface area contributed by atoms with Crippen molar-refractivity contribution in [3.05, 3.63) is 0 Å². The second-order valence-corrected chi connectivity index (χ2v) is 8.13. The van der Waals surface area contributed by atoms with E-state index >= 15 is 0 Å². The van der Waals surface area contributed by atoms with E-state index in [-0.39, 0.29) is 35.2 Å². The number of ether oxygens (including phenoxy) is 3. The third-order valence-corrected chi connectivity index (χ3v) is 4.31. The molecule has 0 N–H and O–H groups in total. The fraction of sp³-hybridized carbons (Fsp3) is 0.812. The summed E-state index contributed by atoms with van der Waals surface area (Å²) in [5.74, 6) is 1.28. The molecule has 0 aliphatic rings. The van der Waals surface area contributed by atoms with Gasteiger partial charge in [-0.2, -0.15) is 75.8 Å². The Bertz CT molecular complexity index is 317. The van der Waals surface area contributed by atoms with E-state index in [4.69, 9.17) is 0 Å². The van der Waals surface area contributed by atoms with Crippen molar-refractivity contribution in [2.24, 2.45) is 0 Å². The fourth-order valence-electron chi connectivity index (χ4n) is 0.792. The van der Waals surface area contributed by atoms with Crippen LogP contribution in [0, 0.1) is 0 Å². The summed E-state index contributed by atoms with van der Waals surface area (Å²) in [5.41, 5.74) is 0. The first kappa shape index (κ1) is 37.6. The normalized spacial score (nSPS) is 8.69. The molecule has 0 rings (SSSR count). The molecule has 0 spiro atoms. The largest absolute Gasteiger partial charge is 0.464 e. The molecule has 0 saturated carbocycles. The van der Waals surface area contributed by atoms with Crippen molar-refractivity contribution in [3.63, 3.8) is 0 Å². The number of esters is 3. The number of thiol groups is 6. The fourth-order valence-corrected chi connectivity index (χ4v) is 2.35. The average Bonchev–Trinajstić information content (AvgIpc) is 2.75. The minimum absolute atomic E-state index is 0.147. The second kappa shape index (κ2) is 36.7. The number of hydrogen-bond donors (Lipinski definition) is 6. The van der Waals surface area contributed by atoms with Crippen LogP contribution in [0.4, 0.5) is 0 Å². The number of hydrogen-bond acceptors (Lipinski definition) is 12. The molecule has 173 valence electrons. The third-order valence-electron chi connectivity index (χ3n) is 1.98. The van der Waals surface area contributed by atoms with E-state index < -0.39 is 0 Å². The van der Waals surface area contributed by atoms with Crippen molar-refractivity contribution >= 4 is 116 Å². The van der Waals surface area contributed by atoms with Gasteiger partial charge in [0.1, 0.15) is 19.8 Å². The summed E-state index contributed by atoms with van der Waals surface area (Å²) in [4.78, 5) is 30.7. The molecule has 0 aromatic rings. The van der Waals surface area contributed by atoms with Gasteiger partial charge in [0.15, 0.2) is 0 Å². The van der Waals surface area contributed by atoms with Gasteiger partial charge in [-0.25, -0.2) is 0 Å². The predicted octanol–water partition coefficient (Wildman–Crippen LogP) is 2.54. The van der Waals surface area contributed by atoms with E-state index in [0.29, 0.717) is 37.1 Å². The summed E-state index contributed by atoms with van der Waals surface area (Å²) in [5, 5.41) is 0. The van der Waals surface area contributed by atoms with Crippen molar-refractivity contribution in [2.45, 2.75) is 24.2 Å². The van der Waals surface area contributed by atoms with Crippen molar-refractivity contribution < 1.29 is 28.6 Å². The molecule has 0 saturated heterocycles. The topological polar surface area (TPSA) is 78.9 Å². The zero-order chi connectivity index (χ0) is 23.3. The van der Waals surface area contributed by atoms with Crippen LogP contribution in [0.5, 0.6) is 0 Å². The molecule has 0 aliphatic heterocycles. The molecule has 6 nitrogen and oxygen atoms in total. The van der Waals surface area contributed by atoms with E-state index in [0.717, 1.165) is 0 Å². The summed E-state index contributed by atoms with van der Waals surface area (Å²) >= 11 is 24.2. The molecule has 0 heterocycles. The van der Waals surface area contributed by atoms with Crippen LogP contribution in [0.15, 0.2) is 0 Å². The van der Waals surface area contributed by atoms with Gasteiger partial charge in [-0.3, -0.25) is 14.4 Å². The van der Waals surface area contributed by atoms with Gasteiger partial charge in [0.05, 0.1) is 17.3 Å². The molecular weight excluding hydrogens is 599 g/mol. The molecule has 0 aromatic carbocycles. The van der Waals surface area contributed by atoms with Crippen LogP contribution < -0.4 is 0 Å². The minimum atomic E-state index is -0.289. The molecule has 0 aromatic heterocycles. The maximum absolute atomic E-state index is 10.2. The van der Waals surface area contributed by atoms with Gasteiger partial charge >= 0.3 is 64.6 Å². The van der Waals surface area contributed by atoms with E-state index in [2.05, 4.69) is 96.9 Å². The minimum Gasteiger partial charge on any atom is -0.464 e. The van der Waals surface area contributed by atoms with Crippen LogP contribution in [0.25, 0.3) is 0 Å². The van der Waals surface area contributed by atoms with Crippen LogP contribution in [0.2, 0.25) is 4.44 Å². The Balaban J connectivity index is -0.000000146. The smallest absolute Gasteiger partial charge is 0.315 e. The molecule has 3 radical (unpaired) electrons. The third kappa shape index (κ3) is 48.1. The number of carbonyl (C=O) groups is 3. The molecule has 0 aliphatic carbocycles. The first-order valence-electron chi connectivity index (χ1n) is 8.61. The Morgan fingerprint density at radius 2 is 0.931 bits per heavy atom. The molecule has 0 atom stereocenters. The van der Waals surface area contributed by atoms with Gasteiger partial charge in [-0.05, 0) is 0 Å². The van der Waals surface area contributed by atoms with Crippen LogP contribution in [-0.2, 0) is 28.6 Å². The van der Waals surface area contributed by atoms with Crippen molar-refractivity contribution in [2.75, 3.05) is 54.3 Å². The molecule has 0 unspecified atom stereocenters. The molecule has 0 bridgehead atoms. The van der Waals surface area contributed by atoms with Crippen LogP contribution in [0.1, 0.15) is 19.8 Å². The van der Waals surface area contributed by atoms with E-state index in [1.165, 1.54) is 17.3 Å². The van der Waals surface area contributed by atoms with Crippen LogP contribution in [0.3, 0.4) is 0 Å². The monoisotopic (exact) mass is 633 g/mol. The van der Waals surface area contributed by atoms with Gasteiger partial charge in [0.2, 0.25) is 0 Å². The zero-order valence-electron chi connectivity index (χ0n) is 16.6. The van der Waals surface area contributed by atoms with E-state index in [1.807, 2.05) is 0 Å². The average molecular weight is 633 g/mol. The first-order chi connectivity index (χ1) is 13.8. The van der Waals surface area contributed by atoms with Gasteiger partial charge in [0, 0.05) is 17.3 Å². The molecular formula is C16H33O6S6Sn. The molecule has 13 heteroatoms. The maximum Gasteiger partial charge on any atom is 0.315 e. The Kier molecular flexibility index (Phi) is 47.6. The molecule has 29 heavy (non-hydrogen) atoms. The number of carbonyl (C=O) groups excluding carboxylic acids is 3. The van der Waals surface area contributed by atoms with Crippen molar-refractivity contribution in [1.29, 1.82) is 0 Å². The number of unbranched alkanes of at least 4 members (excludes halogenated alkanes) is 1. The second-order valence-electron chi connectivity index (χ2n) is 4.41. The summed E-state index contributed by atoms with van der Waals surface area (Å²) < 4.78 is 15.1. The summed E-state index contributed by atoms with van der Waals surface area (Å²) in [6.07, 6.45) is 2.80. The molecule has 0 fully saturated rings. The van der Waals surface area contributed by atoms with Gasteiger partial charge in [-0.15, -0.1) is 0 Å². The van der Waals surface area contributed by atoms with E-state index in [1.54, 1.807) is 22.5 Å². The Morgan fingerprint density at radius 3 is 1.03 bits per heavy atom. The standard InChI is InChI=1S/3C4H8O2S2.C4H9.Sn/c3*5-4(3-8)6-1-2-7;1-3-4-2;/h3*7-8H,1-3H2;1,3-4H2,2H3;. The van der Waals surface area contributed by atoms with Gasteiger partial charge < -0.3 is 14.2 Å². The van der Waals surface area contributed by atoms with Crippen LogP contribution >= 0.6 is 75.8 Å². The van der Waals surface area contributed by atoms with Crippen molar-refractivity contribution in [3.8, 4) is 0 Å². The Labute approximate surface area is 221 Å². The quantitative estimate of drug-likeness (QED) is 0.0911. The maximum atomic E-state index is 10.2.